The Balaban J connectivity index is 1.89. The second-order valence-corrected chi connectivity index (χ2v) is 7.24. The van der Waals surface area contributed by atoms with Crippen molar-refractivity contribution in [2.24, 2.45) is 0 Å². The van der Waals surface area contributed by atoms with Crippen molar-refractivity contribution >= 4 is 53.4 Å². The van der Waals surface area contributed by atoms with Crippen molar-refractivity contribution in [3.8, 4) is 5.95 Å². The summed E-state index contributed by atoms with van der Waals surface area (Å²) in [5.41, 5.74) is 3.11. The van der Waals surface area contributed by atoms with Gasteiger partial charge in [-0.2, -0.15) is 0 Å². The highest BCUT2D eigenvalue weighted by molar-refractivity contribution is 7.26. The van der Waals surface area contributed by atoms with Gasteiger partial charge in [-0.1, -0.05) is 24.3 Å². The highest BCUT2D eigenvalue weighted by Crippen LogP contribution is 2.42. The van der Waals surface area contributed by atoms with Gasteiger partial charge in [-0.3, -0.25) is 9.55 Å². The van der Waals surface area contributed by atoms with E-state index in [1.54, 1.807) is 12.4 Å². The van der Waals surface area contributed by atoms with Crippen molar-refractivity contribution in [2.45, 2.75) is 0 Å². The van der Waals surface area contributed by atoms with Crippen molar-refractivity contribution < 1.29 is 0 Å². The lowest BCUT2D eigenvalue weighted by molar-refractivity contribution is 0.988. The van der Waals surface area contributed by atoms with Gasteiger partial charge in [0.2, 0.25) is 5.95 Å². The third-order valence-electron chi connectivity index (χ3n) is 4.78. The van der Waals surface area contributed by atoms with Crippen LogP contribution in [0.5, 0.6) is 0 Å². The summed E-state index contributed by atoms with van der Waals surface area (Å²) in [6.07, 6.45) is 5.40. The lowest BCUT2D eigenvalue weighted by Gasteiger charge is -2.04. The third kappa shape index (κ3) is 1.75. The van der Waals surface area contributed by atoms with E-state index >= 15 is 0 Å². The molecule has 4 aromatic heterocycles. The molecule has 6 aromatic rings. The van der Waals surface area contributed by atoms with Gasteiger partial charge in [-0.05, 0) is 30.3 Å². The van der Waals surface area contributed by atoms with Gasteiger partial charge in [0, 0.05) is 44.1 Å². The average Bonchev–Trinajstić information content (AvgIpc) is 3.24. The van der Waals surface area contributed by atoms with Gasteiger partial charge in [0.05, 0.1) is 16.6 Å². The van der Waals surface area contributed by atoms with Crippen LogP contribution in [0.2, 0.25) is 0 Å². The third-order valence-corrected chi connectivity index (χ3v) is 5.99. The summed E-state index contributed by atoms with van der Waals surface area (Å²) < 4.78 is 4.66. The molecule has 0 saturated carbocycles. The summed E-state index contributed by atoms with van der Waals surface area (Å²) in [7, 11) is 0. The first-order valence-corrected chi connectivity index (χ1v) is 9.20. The quantitative estimate of drug-likeness (QED) is 0.401. The van der Waals surface area contributed by atoms with Crippen LogP contribution in [-0.2, 0) is 0 Å². The predicted octanol–water partition coefficient (Wildman–Crippen LogP) is 5.34. The van der Waals surface area contributed by atoms with E-state index in [2.05, 4.69) is 57.0 Å². The fourth-order valence-electron chi connectivity index (χ4n) is 3.72. The van der Waals surface area contributed by atoms with Crippen LogP contribution in [0.1, 0.15) is 0 Å². The van der Waals surface area contributed by atoms with Crippen molar-refractivity contribution in [3.63, 3.8) is 0 Å². The Morgan fingerprint density at radius 1 is 0.692 bits per heavy atom. The van der Waals surface area contributed by atoms with Crippen molar-refractivity contribution in [1.29, 1.82) is 0 Å². The predicted molar refractivity (Wildman–Crippen MR) is 107 cm³/mol. The molecular formula is C21H12N4S. The van der Waals surface area contributed by atoms with Crippen LogP contribution in [0.15, 0.2) is 73.2 Å². The minimum Gasteiger partial charge on any atom is -0.276 e. The fourth-order valence-corrected chi connectivity index (χ4v) is 4.96. The van der Waals surface area contributed by atoms with Gasteiger partial charge >= 0.3 is 0 Å². The zero-order valence-electron chi connectivity index (χ0n) is 13.6. The van der Waals surface area contributed by atoms with Crippen LogP contribution < -0.4 is 0 Å². The number of hydrogen-bond acceptors (Lipinski definition) is 4. The number of benzene rings is 2. The molecule has 0 aliphatic heterocycles. The summed E-state index contributed by atoms with van der Waals surface area (Å²) >= 11 is 1.82. The number of thiophene rings is 1. The molecule has 0 radical (unpaired) electrons. The molecule has 0 aliphatic rings. The van der Waals surface area contributed by atoms with E-state index in [9.17, 15) is 0 Å². The topological polar surface area (TPSA) is 43.6 Å². The molecule has 0 fully saturated rings. The minimum atomic E-state index is 0.668. The highest BCUT2D eigenvalue weighted by atomic mass is 32.1. The standard InChI is InChI=1S/C21H12N4S/c1-2-7-17-13(5-1)14-8-9-15-18(20(14)26-17)19-16(6-3-10-22-19)25(15)21-23-11-4-12-24-21/h1-12H. The van der Waals surface area contributed by atoms with Crippen molar-refractivity contribution in [3.05, 3.63) is 73.2 Å². The number of rotatable bonds is 1. The smallest absolute Gasteiger partial charge is 0.234 e. The lowest BCUT2D eigenvalue weighted by atomic mass is 10.1. The number of fused-ring (bicyclic) bond motifs is 7. The molecule has 4 heterocycles. The first kappa shape index (κ1) is 13.9. The molecule has 0 spiro atoms. The fraction of sp³-hybridized carbons (Fsp3) is 0. The minimum absolute atomic E-state index is 0.668. The molecule has 0 bridgehead atoms. The van der Waals surface area contributed by atoms with Crippen LogP contribution in [-0.4, -0.2) is 19.5 Å². The Labute approximate surface area is 152 Å². The van der Waals surface area contributed by atoms with Crippen molar-refractivity contribution in [2.75, 3.05) is 0 Å². The second kappa shape index (κ2) is 5.09. The largest absolute Gasteiger partial charge is 0.276 e. The molecule has 4 nitrogen and oxygen atoms in total. The molecule has 5 heteroatoms. The van der Waals surface area contributed by atoms with Gasteiger partial charge in [0.15, 0.2) is 0 Å². The zero-order valence-corrected chi connectivity index (χ0v) is 14.4. The molecule has 0 aliphatic carbocycles. The number of nitrogens with zero attached hydrogens (tertiary/aromatic N) is 4. The first-order valence-electron chi connectivity index (χ1n) is 8.38. The van der Waals surface area contributed by atoms with E-state index in [4.69, 9.17) is 4.98 Å². The highest BCUT2D eigenvalue weighted by Gasteiger charge is 2.18. The molecular weight excluding hydrogens is 340 g/mol. The SMILES string of the molecule is c1cnc(-n2c3cccnc3c3c4sc5ccccc5c4ccc32)nc1. The Kier molecular flexibility index (Phi) is 2.73. The maximum Gasteiger partial charge on any atom is 0.234 e. The van der Waals surface area contributed by atoms with E-state index in [0.717, 1.165) is 16.6 Å². The van der Waals surface area contributed by atoms with Crippen LogP contribution in [0.3, 0.4) is 0 Å². The first-order chi connectivity index (χ1) is 12.9. The molecule has 0 amide bonds. The van der Waals surface area contributed by atoms with Crippen LogP contribution >= 0.6 is 11.3 Å². The van der Waals surface area contributed by atoms with Gasteiger partial charge in [-0.15, -0.1) is 11.3 Å². The molecule has 0 saturated heterocycles. The summed E-state index contributed by atoms with van der Waals surface area (Å²) in [6, 6.07) is 18.8. The zero-order chi connectivity index (χ0) is 17.1. The van der Waals surface area contributed by atoms with E-state index in [1.807, 2.05) is 29.7 Å². The molecule has 6 rings (SSSR count). The number of aromatic nitrogens is 4. The Hall–Kier alpha value is -3.31. The van der Waals surface area contributed by atoms with Crippen molar-refractivity contribution in [1.82, 2.24) is 19.5 Å². The molecule has 0 atom stereocenters. The van der Waals surface area contributed by atoms with E-state index in [1.165, 1.54) is 25.6 Å². The van der Waals surface area contributed by atoms with Gasteiger partial charge in [0.25, 0.3) is 0 Å². The average molecular weight is 352 g/mol. The lowest BCUT2D eigenvalue weighted by Crippen LogP contribution is -1.99. The normalized spacial score (nSPS) is 11.8. The van der Waals surface area contributed by atoms with Crippen LogP contribution in [0, 0.1) is 0 Å². The number of hydrogen-bond donors (Lipinski definition) is 0. The van der Waals surface area contributed by atoms with E-state index < -0.39 is 0 Å². The molecule has 0 unspecified atom stereocenters. The summed E-state index contributed by atoms with van der Waals surface area (Å²) in [5.74, 6) is 0.668. The second-order valence-electron chi connectivity index (χ2n) is 6.19. The maximum atomic E-state index is 4.71. The van der Waals surface area contributed by atoms with E-state index in [-0.39, 0.29) is 0 Å². The van der Waals surface area contributed by atoms with Gasteiger partial charge < -0.3 is 0 Å². The van der Waals surface area contributed by atoms with Gasteiger partial charge in [-0.25, -0.2) is 9.97 Å². The summed E-state index contributed by atoms with van der Waals surface area (Å²) in [5, 5.41) is 3.74. The van der Waals surface area contributed by atoms with Crippen LogP contribution in [0.25, 0.3) is 48.1 Å². The Morgan fingerprint density at radius 3 is 2.46 bits per heavy atom. The van der Waals surface area contributed by atoms with E-state index in [0.29, 0.717) is 5.95 Å². The Bertz CT molecular complexity index is 1430. The molecule has 122 valence electrons. The van der Waals surface area contributed by atoms with Gasteiger partial charge in [0.1, 0.15) is 0 Å². The summed E-state index contributed by atoms with van der Waals surface area (Å²) in [4.78, 5) is 13.6. The maximum absolute atomic E-state index is 4.71. The molecule has 26 heavy (non-hydrogen) atoms. The summed E-state index contributed by atoms with van der Waals surface area (Å²) in [6.45, 7) is 0. The monoisotopic (exact) mass is 352 g/mol. The number of pyridine rings is 1. The molecule has 2 aromatic carbocycles. The Morgan fingerprint density at radius 2 is 1.54 bits per heavy atom. The molecule has 0 N–H and O–H groups in total. The van der Waals surface area contributed by atoms with Crippen LogP contribution in [0.4, 0.5) is 0 Å².